The molecule has 6 heteroatoms. The molecule has 0 aromatic carbocycles. The molecular weight excluding hydrogens is 258 g/mol. The normalized spacial score (nSPS) is 19.9. The van der Waals surface area contributed by atoms with Crippen LogP contribution in [0.4, 0.5) is 4.79 Å². The molecule has 1 saturated carbocycles. The van der Waals surface area contributed by atoms with Crippen molar-refractivity contribution in [3.05, 3.63) is 0 Å². The van der Waals surface area contributed by atoms with Crippen LogP contribution >= 0.6 is 0 Å². The lowest BCUT2D eigenvalue weighted by molar-refractivity contribution is -0.138. The summed E-state index contributed by atoms with van der Waals surface area (Å²) in [7, 11) is 0. The van der Waals surface area contributed by atoms with Crippen molar-refractivity contribution < 1.29 is 14.7 Å². The Morgan fingerprint density at radius 1 is 1.20 bits per heavy atom. The molecule has 0 spiro atoms. The molecule has 1 N–H and O–H groups in total. The van der Waals surface area contributed by atoms with E-state index in [9.17, 15) is 9.59 Å². The van der Waals surface area contributed by atoms with Crippen molar-refractivity contribution in [3.63, 3.8) is 0 Å². The van der Waals surface area contributed by atoms with Gasteiger partial charge < -0.3 is 14.9 Å². The molecule has 2 fully saturated rings. The maximum absolute atomic E-state index is 12.5. The molecular formula is C14H25N3O3. The van der Waals surface area contributed by atoms with Crippen molar-refractivity contribution in [2.45, 2.75) is 26.2 Å². The van der Waals surface area contributed by atoms with Crippen LogP contribution in [0.25, 0.3) is 0 Å². The Labute approximate surface area is 120 Å². The first-order chi connectivity index (χ1) is 9.60. The number of carboxylic acids is 1. The number of carboxylic acid groups (broad SMARTS) is 1. The highest BCUT2D eigenvalue weighted by atomic mass is 16.4. The van der Waals surface area contributed by atoms with E-state index < -0.39 is 5.97 Å². The van der Waals surface area contributed by atoms with Crippen LogP contribution in [0.15, 0.2) is 0 Å². The zero-order chi connectivity index (χ0) is 14.5. The molecule has 20 heavy (non-hydrogen) atoms. The molecule has 2 rings (SSSR count). The maximum atomic E-state index is 12.5. The van der Waals surface area contributed by atoms with Crippen molar-refractivity contribution >= 4 is 12.0 Å². The summed E-state index contributed by atoms with van der Waals surface area (Å²) in [6.45, 7) is 6.46. The molecule has 0 aromatic heterocycles. The van der Waals surface area contributed by atoms with Gasteiger partial charge in [0, 0.05) is 39.3 Å². The third-order valence-electron chi connectivity index (χ3n) is 3.94. The van der Waals surface area contributed by atoms with Gasteiger partial charge in [0.15, 0.2) is 0 Å². The zero-order valence-electron chi connectivity index (χ0n) is 12.3. The Kier molecular flexibility index (Phi) is 5.23. The molecule has 0 unspecified atom stereocenters. The van der Waals surface area contributed by atoms with Crippen LogP contribution in [0.5, 0.6) is 0 Å². The molecule has 2 amide bonds. The van der Waals surface area contributed by atoms with Crippen LogP contribution in [0.2, 0.25) is 0 Å². The molecule has 0 aromatic rings. The van der Waals surface area contributed by atoms with Gasteiger partial charge in [0.1, 0.15) is 0 Å². The summed E-state index contributed by atoms with van der Waals surface area (Å²) in [4.78, 5) is 28.9. The first-order valence-corrected chi connectivity index (χ1v) is 7.58. The Morgan fingerprint density at radius 3 is 2.35 bits per heavy atom. The number of amides is 2. The summed E-state index contributed by atoms with van der Waals surface area (Å²) in [5.41, 5.74) is 0. The summed E-state index contributed by atoms with van der Waals surface area (Å²) in [6.07, 6.45) is 3.48. The van der Waals surface area contributed by atoms with Gasteiger partial charge in [-0.15, -0.1) is 0 Å². The predicted molar refractivity (Wildman–Crippen MR) is 75.6 cm³/mol. The van der Waals surface area contributed by atoms with E-state index in [1.807, 2.05) is 14.7 Å². The minimum atomic E-state index is -0.800. The molecule has 0 bridgehead atoms. The molecule has 0 atom stereocenters. The van der Waals surface area contributed by atoms with E-state index in [1.54, 1.807) is 0 Å². The minimum Gasteiger partial charge on any atom is -0.480 e. The Morgan fingerprint density at radius 2 is 1.85 bits per heavy atom. The summed E-state index contributed by atoms with van der Waals surface area (Å²) < 4.78 is 0. The summed E-state index contributed by atoms with van der Waals surface area (Å²) in [6, 6.07) is 0.133. The van der Waals surface area contributed by atoms with Crippen molar-refractivity contribution in [2.24, 2.45) is 5.92 Å². The van der Waals surface area contributed by atoms with Crippen molar-refractivity contribution in [2.75, 3.05) is 45.8 Å². The number of hydrogen-bond donors (Lipinski definition) is 1. The molecule has 114 valence electrons. The molecule has 1 aliphatic carbocycles. The summed E-state index contributed by atoms with van der Waals surface area (Å²) in [5.74, 6) is -0.0927. The number of hydrogen-bond acceptors (Lipinski definition) is 3. The molecule has 1 saturated heterocycles. The van der Waals surface area contributed by atoms with Crippen LogP contribution in [0.3, 0.4) is 0 Å². The maximum Gasteiger partial charge on any atom is 0.320 e. The first-order valence-electron chi connectivity index (χ1n) is 7.58. The number of aliphatic carboxylic acids is 1. The van der Waals surface area contributed by atoms with Crippen LogP contribution < -0.4 is 0 Å². The highest BCUT2D eigenvalue weighted by Crippen LogP contribution is 2.30. The average molecular weight is 283 g/mol. The summed E-state index contributed by atoms with van der Waals surface area (Å²) >= 11 is 0. The second-order valence-electron chi connectivity index (χ2n) is 5.83. The smallest absolute Gasteiger partial charge is 0.320 e. The van der Waals surface area contributed by atoms with E-state index in [2.05, 4.69) is 6.92 Å². The second kappa shape index (κ2) is 6.92. The molecule has 1 aliphatic heterocycles. The third kappa shape index (κ3) is 4.37. The van der Waals surface area contributed by atoms with Gasteiger partial charge in [-0.1, -0.05) is 6.92 Å². The van der Waals surface area contributed by atoms with Gasteiger partial charge in [-0.2, -0.15) is 0 Å². The lowest BCUT2D eigenvalue weighted by atomic mass is 10.3. The molecule has 2 aliphatic rings. The van der Waals surface area contributed by atoms with Crippen LogP contribution in [0, 0.1) is 5.92 Å². The standard InChI is InChI=1S/C14H25N3O3/c1-2-5-17(10-12-3-4-12)14(20)16-8-6-15(7-9-16)11-13(18)19/h12H,2-11H2,1H3,(H,18,19). The Balaban J connectivity index is 1.80. The number of nitrogens with zero attached hydrogens (tertiary/aromatic N) is 3. The van der Waals surface area contributed by atoms with Gasteiger partial charge in [0.2, 0.25) is 0 Å². The van der Waals surface area contributed by atoms with Gasteiger partial charge in [0.05, 0.1) is 6.54 Å². The fraction of sp³-hybridized carbons (Fsp3) is 0.857. The zero-order valence-corrected chi connectivity index (χ0v) is 12.3. The van der Waals surface area contributed by atoms with Crippen molar-refractivity contribution in [3.8, 4) is 0 Å². The number of rotatable bonds is 6. The number of carbonyl (C=O) groups is 2. The molecule has 0 radical (unpaired) electrons. The van der Waals surface area contributed by atoms with Crippen LogP contribution in [-0.2, 0) is 4.79 Å². The van der Waals surface area contributed by atoms with Gasteiger partial charge >= 0.3 is 12.0 Å². The predicted octanol–water partition coefficient (Wildman–Crippen LogP) is 0.931. The van der Waals surface area contributed by atoms with E-state index in [0.717, 1.165) is 19.5 Å². The SMILES string of the molecule is CCCN(CC1CC1)C(=O)N1CCN(CC(=O)O)CC1. The molecule has 6 nitrogen and oxygen atoms in total. The Bertz CT molecular complexity index is 350. The van der Waals surface area contributed by atoms with Crippen LogP contribution in [0.1, 0.15) is 26.2 Å². The van der Waals surface area contributed by atoms with Crippen molar-refractivity contribution in [1.29, 1.82) is 0 Å². The van der Waals surface area contributed by atoms with Gasteiger partial charge in [-0.25, -0.2) is 4.79 Å². The number of piperazine rings is 1. The van der Waals surface area contributed by atoms with E-state index in [0.29, 0.717) is 32.1 Å². The monoisotopic (exact) mass is 283 g/mol. The van der Waals surface area contributed by atoms with Gasteiger partial charge in [-0.05, 0) is 25.2 Å². The number of carbonyl (C=O) groups excluding carboxylic acids is 1. The molecule has 1 heterocycles. The third-order valence-corrected chi connectivity index (χ3v) is 3.94. The quantitative estimate of drug-likeness (QED) is 0.787. The van der Waals surface area contributed by atoms with Gasteiger partial charge in [-0.3, -0.25) is 9.69 Å². The minimum absolute atomic E-state index is 0.0722. The Hall–Kier alpha value is -1.30. The number of urea groups is 1. The van der Waals surface area contributed by atoms with E-state index in [4.69, 9.17) is 5.11 Å². The first kappa shape index (κ1) is 15.1. The average Bonchev–Trinajstić information content (AvgIpc) is 3.22. The second-order valence-corrected chi connectivity index (χ2v) is 5.83. The van der Waals surface area contributed by atoms with E-state index in [1.165, 1.54) is 12.8 Å². The fourth-order valence-electron chi connectivity index (χ4n) is 2.64. The van der Waals surface area contributed by atoms with E-state index >= 15 is 0 Å². The fourth-order valence-corrected chi connectivity index (χ4v) is 2.64. The highest BCUT2D eigenvalue weighted by Gasteiger charge is 2.30. The van der Waals surface area contributed by atoms with E-state index in [-0.39, 0.29) is 12.6 Å². The van der Waals surface area contributed by atoms with Crippen molar-refractivity contribution in [1.82, 2.24) is 14.7 Å². The topological polar surface area (TPSA) is 64.1 Å². The largest absolute Gasteiger partial charge is 0.480 e. The highest BCUT2D eigenvalue weighted by molar-refractivity contribution is 5.74. The lowest BCUT2D eigenvalue weighted by Gasteiger charge is -2.37. The summed E-state index contributed by atoms with van der Waals surface area (Å²) in [5, 5.41) is 8.77. The van der Waals surface area contributed by atoms with Crippen LogP contribution in [-0.4, -0.2) is 77.6 Å². The van der Waals surface area contributed by atoms with Gasteiger partial charge in [0.25, 0.3) is 0 Å². The lowest BCUT2D eigenvalue weighted by Crippen LogP contribution is -2.54.